The molecular weight excluding hydrogens is 372 g/mol. The first-order chi connectivity index (χ1) is 13.9. The second kappa shape index (κ2) is 10.5. The van der Waals surface area contributed by atoms with Crippen LogP contribution in [0.25, 0.3) is 0 Å². The summed E-state index contributed by atoms with van der Waals surface area (Å²) in [6.45, 7) is 3.81. The van der Waals surface area contributed by atoms with Crippen molar-refractivity contribution in [1.29, 1.82) is 0 Å². The van der Waals surface area contributed by atoms with Crippen molar-refractivity contribution >= 4 is 12.1 Å². The second-order valence-electron chi connectivity index (χ2n) is 6.28. The summed E-state index contributed by atoms with van der Waals surface area (Å²) in [5.41, 5.74) is 0.631. The monoisotopic (exact) mass is 394 g/mol. The number of carboxylic acid groups (broad SMARTS) is 1. The highest BCUT2D eigenvalue weighted by atomic mass is 16.7. The van der Waals surface area contributed by atoms with Crippen LogP contribution in [0.3, 0.4) is 0 Å². The number of phenols is 1. The minimum absolute atomic E-state index is 0.0359. The van der Waals surface area contributed by atoms with E-state index in [0.717, 1.165) is 0 Å². The van der Waals surface area contributed by atoms with Crippen LogP contribution in [0.2, 0.25) is 0 Å². The Balaban J connectivity index is 0.000000212. The van der Waals surface area contributed by atoms with E-state index in [2.05, 4.69) is 0 Å². The average molecular weight is 394 g/mol. The van der Waals surface area contributed by atoms with Crippen LogP contribution in [-0.4, -0.2) is 22.3 Å². The number of aromatic hydroxyl groups is 1. The van der Waals surface area contributed by atoms with Crippen LogP contribution in [0.5, 0.6) is 17.2 Å². The average Bonchev–Trinajstić information content (AvgIpc) is 2.69. The molecule has 0 aliphatic carbocycles. The van der Waals surface area contributed by atoms with Crippen molar-refractivity contribution in [2.75, 3.05) is 0 Å². The highest BCUT2D eigenvalue weighted by molar-refractivity contribution is 5.91. The molecule has 0 bridgehead atoms. The molecule has 3 aromatic carbocycles. The molecule has 6 nitrogen and oxygen atoms in total. The summed E-state index contributed by atoms with van der Waals surface area (Å²) in [6, 6.07) is 22.3. The molecule has 2 N–H and O–H groups in total. The smallest absolute Gasteiger partial charge is 0.507 e. The van der Waals surface area contributed by atoms with E-state index in [9.17, 15) is 14.7 Å². The summed E-state index contributed by atoms with van der Waals surface area (Å²) in [6.07, 6.45) is -0.739. The molecule has 6 heteroatoms. The summed E-state index contributed by atoms with van der Waals surface area (Å²) in [5.74, 6) is -0.170. The molecule has 0 aromatic heterocycles. The number of para-hydroxylation sites is 3. The molecule has 0 atom stereocenters. The molecular formula is C23H22O6. The Hall–Kier alpha value is -3.80. The SMILES string of the molecule is CC(C)c1cccc(C(=O)O)c1O.O=C(Oc1ccccc1)Oc1ccccc1. The lowest BCUT2D eigenvalue weighted by atomic mass is 9.99. The van der Waals surface area contributed by atoms with Gasteiger partial charge in [0.25, 0.3) is 0 Å². The van der Waals surface area contributed by atoms with Crippen molar-refractivity contribution in [2.24, 2.45) is 0 Å². The summed E-state index contributed by atoms with van der Waals surface area (Å²) in [4.78, 5) is 22.0. The van der Waals surface area contributed by atoms with Crippen LogP contribution in [0.1, 0.15) is 35.7 Å². The largest absolute Gasteiger partial charge is 0.519 e. The first-order valence-corrected chi connectivity index (χ1v) is 8.93. The quantitative estimate of drug-likeness (QED) is 0.450. The van der Waals surface area contributed by atoms with Crippen molar-refractivity contribution in [3.8, 4) is 17.2 Å². The third kappa shape index (κ3) is 6.70. The molecule has 3 rings (SSSR count). The number of rotatable bonds is 4. The highest BCUT2D eigenvalue weighted by Crippen LogP contribution is 2.28. The van der Waals surface area contributed by atoms with Gasteiger partial charge < -0.3 is 19.7 Å². The number of carbonyl (C=O) groups is 2. The van der Waals surface area contributed by atoms with E-state index in [-0.39, 0.29) is 17.2 Å². The zero-order valence-electron chi connectivity index (χ0n) is 16.1. The molecule has 0 amide bonds. The van der Waals surface area contributed by atoms with Gasteiger partial charge in [-0.3, -0.25) is 0 Å². The number of ether oxygens (including phenoxy) is 2. The summed E-state index contributed by atoms with van der Waals surface area (Å²) in [7, 11) is 0. The van der Waals surface area contributed by atoms with Gasteiger partial charge in [0, 0.05) is 0 Å². The number of aromatic carboxylic acids is 1. The Morgan fingerprint density at radius 3 is 1.66 bits per heavy atom. The maximum absolute atomic E-state index is 11.3. The van der Waals surface area contributed by atoms with Gasteiger partial charge in [-0.15, -0.1) is 0 Å². The van der Waals surface area contributed by atoms with Crippen LogP contribution >= 0.6 is 0 Å². The number of carboxylic acids is 1. The van der Waals surface area contributed by atoms with Gasteiger partial charge in [-0.2, -0.15) is 0 Å². The third-order valence-electron chi connectivity index (χ3n) is 3.81. The van der Waals surface area contributed by atoms with Crippen molar-refractivity contribution < 1.29 is 29.3 Å². The number of benzene rings is 3. The zero-order valence-corrected chi connectivity index (χ0v) is 16.1. The van der Waals surface area contributed by atoms with Crippen molar-refractivity contribution in [2.45, 2.75) is 19.8 Å². The first kappa shape index (κ1) is 21.5. The lowest BCUT2D eigenvalue weighted by Crippen LogP contribution is -2.13. The lowest BCUT2D eigenvalue weighted by Gasteiger charge is -2.09. The van der Waals surface area contributed by atoms with Crippen molar-refractivity contribution in [1.82, 2.24) is 0 Å². The van der Waals surface area contributed by atoms with E-state index < -0.39 is 12.1 Å². The Morgan fingerprint density at radius 1 is 0.759 bits per heavy atom. The minimum Gasteiger partial charge on any atom is -0.507 e. The van der Waals surface area contributed by atoms with Crippen LogP contribution in [0.4, 0.5) is 4.79 Å². The zero-order chi connectivity index (χ0) is 21.2. The molecule has 0 fully saturated rings. The van der Waals surface area contributed by atoms with Crippen molar-refractivity contribution in [3.05, 3.63) is 90.0 Å². The van der Waals surface area contributed by atoms with E-state index in [4.69, 9.17) is 14.6 Å². The second-order valence-corrected chi connectivity index (χ2v) is 6.28. The fourth-order valence-corrected chi connectivity index (χ4v) is 2.39. The minimum atomic E-state index is -1.10. The number of hydrogen-bond acceptors (Lipinski definition) is 5. The molecule has 0 spiro atoms. The molecule has 0 aliphatic rings. The predicted molar refractivity (Wildman–Crippen MR) is 109 cm³/mol. The van der Waals surface area contributed by atoms with Gasteiger partial charge in [0.15, 0.2) is 0 Å². The van der Waals surface area contributed by atoms with Gasteiger partial charge in [0.2, 0.25) is 0 Å². The van der Waals surface area contributed by atoms with Gasteiger partial charge >= 0.3 is 12.1 Å². The Morgan fingerprint density at radius 2 is 1.24 bits per heavy atom. The Bertz CT molecular complexity index is 893. The topological polar surface area (TPSA) is 93.1 Å². The number of hydrogen-bond donors (Lipinski definition) is 2. The molecule has 29 heavy (non-hydrogen) atoms. The van der Waals surface area contributed by atoms with Crippen molar-refractivity contribution in [3.63, 3.8) is 0 Å². The van der Waals surface area contributed by atoms with Gasteiger partial charge in [0.05, 0.1) is 0 Å². The molecule has 0 heterocycles. The van der Waals surface area contributed by atoms with Gasteiger partial charge in [0.1, 0.15) is 22.8 Å². The summed E-state index contributed by atoms with van der Waals surface area (Å²) < 4.78 is 9.91. The van der Waals surface area contributed by atoms with Crippen LogP contribution in [0, 0.1) is 0 Å². The molecule has 0 saturated heterocycles. The molecule has 0 radical (unpaired) electrons. The van der Waals surface area contributed by atoms with E-state index in [1.165, 1.54) is 6.07 Å². The maximum atomic E-state index is 11.3. The lowest BCUT2D eigenvalue weighted by molar-refractivity contribution is 0.0693. The van der Waals surface area contributed by atoms with E-state index in [0.29, 0.717) is 17.1 Å². The summed E-state index contributed by atoms with van der Waals surface area (Å²) >= 11 is 0. The molecule has 0 unspecified atom stereocenters. The van der Waals surface area contributed by atoms with Gasteiger partial charge in [-0.25, -0.2) is 9.59 Å². The molecule has 3 aromatic rings. The standard InChI is InChI=1S/C13H10O3.C10H12O3/c14-13(15-11-7-3-1-4-8-11)16-12-9-5-2-6-10-12;1-6(2)7-4-3-5-8(9(7)11)10(12)13/h1-10H;3-6,11H,1-2H3,(H,12,13). The normalized spacial score (nSPS) is 9.90. The fourth-order valence-electron chi connectivity index (χ4n) is 2.39. The van der Waals surface area contributed by atoms with E-state index in [1.54, 1.807) is 60.7 Å². The third-order valence-corrected chi connectivity index (χ3v) is 3.81. The Kier molecular flexibility index (Phi) is 7.79. The molecule has 150 valence electrons. The molecule has 0 saturated carbocycles. The first-order valence-electron chi connectivity index (χ1n) is 8.93. The summed E-state index contributed by atoms with van der Waals surface area (Å²) in [5, 5.41) is 18.3. The van der Waals surface area contributed by atoms with Crippen LogP contribution < -0.4 is 9.47 Å². The van der Waals surface area contributed by atoms with Gasteiger partial charge in [-0.05, 0) is 41.8 Å². The maximum Gasteiger partial charge on any atom is 0.519 e. The fraction of sp³-hybridized carbons (Fsp3) is 0.130. The highest BCUT2D eigenvalue weighted by Gasteiger charge is 2.14. The van der Waals surface area contributed by atoms with E-state index in [1.807, 2.05) is 26.0 Å². The predicted octanol–water partition coefficient (Wildman–Crippen LogP) is 5.48. The van der Waals surface area contributed by atoms with E-state index >= 15 is 0 Å². The van der Waals surface area contributed by atoms with Gasteiger partial charge in [-0.1, -0.05) is 62.4 Å². The van der Waals surface area contributed by atoms with Crippen LogP contribution in [-0.2, 0) is 0 Å². The Labute approximate surface area is 169 Å². The van der Waals surface area contributed by atoms with Crippen LogP contribution in [0.15, 0.2) is 78.9 Å². The molecule has 0 aliphatic heterocycles. The number of carbonyl (C=O) groups excluding carboxylic acids is 1.